The van der Waals surface area contributed by atoms with Crippen molar-refractivity contribution in [2.45, 2.75) is 51.0 Å². The van der Waals surface area contributed by atoms with Gasteiger partial charge in [0.15, 0.2) is 11.5 Å². The topological polar surface area (TPSA) is 56.8 Å². The molecule has 2 saturated heterocycles. The maximum atomic E-state index is 14.1. The van der Waals surface area contributed by atoms with Gasteiger partial charge in [-0.1, -0.05) is 6.42 Å². The van der Waals surface area contributed by atoms with E-state index in [4.69, 9.17) is 0 Å². The van der Waals surface area contributed by atoms with Gasteiger partial charge in [-0.2, -0.15) is 0 Å². The number of rotatable bonds is 6. The largest absolute Gasteiger partial charge is 0.336 e. The van der Waals surface area contributed by atoms with Gasteiger partial charge >= 0.3 is 0 Å². The molecule has 1 aliphatic carbocycles. The first kappa shape index (κ1) is 20.3. The van der Waals surface area contributed by atoms with Gasteiger partial charge in [0.25, 0.3) is 5.91 Å². The van der Waals surface area contributed by atoms with Crippen molar-refractivity contribution in [2.24, 2.45) is 5.92 Å². The second-order valence-electron chi connectivity index (χ2n) is 8.59. The number of carbonyl (C=O) groups is 2. The van der Waals surface area contributed by atoms with Crippen molar-refractivity contribution < 1.29 is 14.0 Å². The van der Waals surface area contributed by atoms with Gasteiger partial charge in [-0.15, -0.1) is 0 Å². The summed E-state index contributed by atoms with van der Waals surface area (Å²) in [4.78, 5) is 36.1. The fourth-order valence-electron chi connectivity index (χ4n) is 4.70. The zero-order valence-corrected chi connectivity index (χ0v) is 17.1. The van der Waals surface area contributed by atoms with Gasteiger partial charge in [0, 0.05) is 44.3 Å². The van der Waals surface area contributed by atoms with Crippen LogP contribution in [0.2, 0.25) is 0 Å². The van der Waals surface area contributed by atoms with Gasteiger partial charge in [-0.25, -0.2) is 9.37 Å². The Morgan fingerprint density at radius 1 is 1.10 bits per heavy atom. The molecule has 0 aromatic carbocycles. The van der Waals surface area contributed by atoms with Crippen molar-refractivity contribution in [3.63, 3.8) is 0 Å². The van der Waals surface area contributed by atoms with Crippen molar-refractivity contribution in [3.05, 3.63) is 29.8 Å². The van der Waals surface area contributed by atoms with Crippen molar-refractivity contribution >= 4 is 11.8 Å². The third kappa shape index (κ3) is 4.60. The fraction of sp³-hybridized carbons (Fsp3) is 0.682. The van der Waals surface area contributed by atoms with Gasteiger partial charge in [-0.3, -0.25) is 9.59 Å². The van der Waals surface area contributed by atoms with Crippen LogP contribution >= 0.6 is 0 Å². The smallest absolute Gasteiger partial charge is 0.275 e. The lowest BCUT2D eigenvalue weighted by Crippen LogP contribution is -2.55. The Hall–Kier alpha value is -2.02. The molecular formula is C22H31FN4O2. The van der Waals surface area contributed by atoms with Crippen LogP contribution in [0.1, 0.15) is 55.4 Å². The fourth-order valence-corrected chi connectivity index (χ4v) is 4.70. The number of hydrogen-bond donors (Lipinski definition) is 0. The Bertz CT molecular complexity index is 733. The number of piperidine rings is 1. The lowest BCUT2D eigenvalue weighted by Gasteiger charge is -2.42. The van der Waals surface area contributed by atoms with E-state index in [1.54, 1.807) is 4.90 Å². The van der Waals surface area contributed by atoms with Crippen LogP contribution in [-0.4, -0.2) is 76.8 Å². The zero-order chi connectivity index (χ0) is 20.2. The molecular weight excluding hydrogens is 371 g/mol. The number of carbonyl (C=O) groups excluding carboxylic acids is 2. The summed E-state index contributed by atoms with van der Waals surface area (Å²) >= 11 is 0. The summed E-state index contributed by atoms with van der Waals surface area (Å²) in [7, 11) is 0. The molecule has 0 N–H and O–H groups in total. The van der Waals surface area contributed by atoms with E-state index in [1.165, 1.54) is 31.2 Å². The summed E-state index contributed by atoms with van der Waals surface area (Å²) in [6.07, 6.45) is 8.72. The first-order valence-corrected chi connectivity index (χ1v) is 11.1. The van der Waals surface area contributed by atoms with Gasteiger partial charge < -0.3 is 14.7 Å². The predicted octanol–water partition coefficient (Wildman–Crippen LogP) is 2.55. The maximum Gasteiger partial charge on any atom is 0.275 e. The third-order valence-corrected chi connectivity index (χ3v) is 6.68. The molecule has 3 aliphatic rings. The molecule has 0 bridgehead atoms. The molecule has 1 atom stereocenters. The lowest BCUT2D eigenvalue weighted by molar-refractivity contribution is -0.141. The van der Waals surface area contributed by atoms with E-state index in [-0.39, 0.29) is 29.5 Å². The van der Waals surface area contributed by atoms with E-state index in [0.29, 0.717) is 13.1 Å². The third-order valence-electron chi connectivity index (χ3n) is 6.68. The number of hydrogen-bond acceptors (Lipinski definition) is 4. The van der Waals surface area contributed by atoms with Crippen LogP contribution in [0, 0.1) is 11.7 Å². The highest BCUT2D eigenvalue weighted by Gasteiger charge is 2.36. The van der Waals surface area contributed by atoms with Gasteiger partial charge in [-0.05, 0) is 63.7 Å². The highest BCUT2D eigenvalue weighted by atomic mass is 19.1. The highest BCUT2D eigenvalue weighted by molar-refractivity contribution is 5.92. The number of aromatic nitrogens is 1. The van der Waals surface area contributed by atoms with Crippen LogP contribution in [0.25, 0.3) is 0 Å². The number of nitrogens with zero attached hydrogens (tertiary/aromatic N) is 4. The highest BCUT2D eigenvalue weighted by Crippen LogP contribution is 2.30. The lowest BCUT2D eigenvalue weighted by atomic mass is 9.83. The van der Waals surface area contributed by atoms with Gasteiger partial charge in [0.1, 0.15) is 0 Å². The number of halogens is 1. The molecule has 4 rings (SSSR count). The summed E-state index contributed by atoms with van der Waals surface area (Å²) in [6.45, 7) is 4.90. The second-order valence-corrected chi connectivity index (χ2v) is 8.59. The Morgan fingerprint density at radius 2 is 1.90 bits per heavy atom. The van der Waals surface area contributed by atoms with E-state index in [0.717, 1.165) is 58.3 Å². The molecule has 1 unspecified atom stereocenters. The van der Waals surface area contributed by atoms with Crippen LogP contribution in [0.5, 0.6) is 0 Å². The maximum absolute atomic E-state index is 14.1. The minimum Gasteiger partial charge on any atom is -0.336 e. The quantitative estimate of drug-likeness (QED) is 0.734. The molecule has 1 aromatic heterocycles. The van der Waals surface area contributed by atoms with E-state index in [9.17, 15) is 14.0 Å². The van der Waals surface area contributed by atoms with E-state index < -0.39 is 5.82 Å². The standard InChI is InChI=1S/C22H31FN4O2/c23-19-9-4-10-24-20(19)22(29)26-13-5-8-18(16-26)27(21(28)17-6-3-7-17)15-14-25-11-1-2-12-25/h4,9-10,17-18H,1-3,5-8,11-16H2. The van der Waals surface area contributed by atoms with Crippen LogP contribution in [-0.2, 0) is 4.79 Å². The van der Waals surface area contributed by atoms with Crippen LogP contribution in [0.3, 0.4) is 0 Å². The zero-order valence-electron chi connectivity index (χ0n) is 17.1. The van der Waals surface area contributed by atoms with Crippen LogP contribution in [0.15, 0.2) is 18.3 Å². The molecule has 2 aliphatic heterocycles. The first-order valence-electron chi connectivity index (χ1n) is 11.1. The Balaban J connectivity index is 1.45. The average Bonchev–Trinajstić information content (AvgIpc) is 3.20. The molecule has 1 aromatic rings. The Morgan fingerprint density at radius 3 is 2.59 bits per heavy atom. The van der Waals surface area contributed by atoms with Gasteiger partial charge in [0.05, 0.1) is 0 Å². The number of pyridine rings is 1. The van der Waals surface area contributed by atoms with Crippen molar-refractivity contribution in [2.75, 3.05) is 39.3 Å². The molecule has 158 valence electrons. The van der Waals surface area contributed by atoms with Crippen molar-refractivity contribution in [1.29, 1.82) is 0 Å². The number of likely N-dealkylation sites (tertiary alicyclic amines) is 2. The Kier molecular flexibility index (Phi) is 6.43. The van der Waals surface area contributed by atoms with E-state index >= 15 is 0 Å². The minimum absolute atomic E-state index is 0.00942. The summed E-state index contributed by atoms with van der Waals surface area (Å²) in [5, 5.41) is 0. The van der Waals surface area contributed by atoms with Crippen molar-refractivity contribution in [1.82, 2.24) is 19.7 Å². The molecule has 3 fully saturated rings. The molecule has 0 spiro atoms. The molecule has 7 heteroatoms. The first-order chi connectivity index (χ1) is 14.1. The molecule has 0 radical (unpaired) electrons. The normalized spacial score (nSPS) is 23.1. The number of amides is 2. The summed E-state index contributed by atoms with van der Waals surface area (Å²) in [6, 6.07) is 2.77. The monoisotopic (exact) mass is 402 g/mol. The van der Waals surface area contributed by atoms with Gasteiger partial charge in [0.2, 0.25) is 5.91 Å². The van der Waals surface area contributed by atoms with Crippen molar-refractivity contribution in [3.8, 4) is 0 Å². The second kappa shape index (κ2) is 9.20. The summed E-state index contributed by atoms with van der Waals surface area (Å²) in [5.74, 6) is -0.564. The molecule has 3 heterocycles. The van der Waals surface area contributed by atoms with Crippen LogP contribution < -0.4 is 0 Å². The SMILES string of the molecule is O=C(c1ncccc1F)N1CCCC(N(CCN2CCCC2)C(=O)C2CCC2)C1. The Labute approximate surface area is 172 Å². The summed E-state index contributed by atoms with van der Waals surface area (Å²) in [5.41, 5.74) is -0.123. The predicted molar refractivity (Wildman–Crippen MR) is 108 cm³/mol. The van der Waals surface area contributed by atoms with Crippen LogP contribution in [0.4, 0.5) is 4.39 Å². The molecule has 6 nitrogen and oxygen atoms in total. The molecule has 29 heavy (non-hydrogen) atoms. The molecule has 2 amide bonds. The molecule has 1 saturated carbocycles. The van der Waals surface area contributed by atoms with E-state index in [2.05, 4.69) is 9.88 Å². The van der Waals surface area contributed by atoms with E-state index in [1.807, 2.05) is 4.90 Å². The summed E-state index contributed by atoms with van der Waals surface area (Å²) < 4.78 is 14.1. The minimum atomic E-state index is -0.587. The average molecular weight is 403 g/mol.